The van der Waals surface area contributed by atoms with Crippen molar-refractivity contribution in [3.63, 3.8) is 0 Å². The van der Waals surface area contributed by atoms with E-state index in [-0.39, 0.29) is 6.04 Å². The molecule has 1 unspecified atom stereocenters. The zero-order chi connectivity index (χ0) is 14.5. The normalized spacial score (nSPS) is 12.4. The fourth-order valence-corrected chi connectivity index (χ4v) is 3.70. The first kappa shape index (κ1) is 14.4. The minimum Gasteiger partial charge on any atom is -0.309 e. The molecule has 2 heterocycles. The van der Waals surface area contributed by atoms with E-state index in [2.05, 4.69) is 40.1 Å². The zero-order valence-corrected chi connectivity index (χ0v) is 13.5. The lowest BCUT2D eigenvalue weighted by molar-refractivity contribution is 0.538. The van der Waals surface area contributed by atoms with Gasteiger partial charge in [0.05, 0.1) is 27.9 Å². The molecular formula is C16H17N3S2. The molecule has 1 atom stereocenters. The Hall–Kier alpha value is -1.56. The summed E-state index contributed by atoms with van der Waals surface area (Å²) in [5.74, 6) is 0. The van der Waals surface area contributed by atoms with Crippen molar-refractivity contribution >= 4 is 22.7 Å². The summed E-state index contributed by atoms with van der Waals surface area (Å²) < 4.78 is 0. The number of aromatic nitrogens is 2. The van der Waals surface area contributed by atoms with Gasteiger partial charge < -0.3 is 5.32 Å². The molecule has 5 heteroatoms. The SMILES string of the molecule is CCNC(Cc1nc(-c2ccccc2)cs1)c1cscn1. The third-order valence-corrected chi connectivity index (χ3v) is 4.73. The molecule has 21 heavy (non-hydrogen) atoms. The Bertz CT molecular complexity index is 662. The average Bonchev–Trinajstić information content (AvgIpc) is 3.19. The molecule has 3 aromatic rings. The largest absolute Gasteiger partial charge is 0.309 e. The van der Waals surface area contributed by atoms with Gasteiger partial charge in [-0.05, 0) is 6.54 Å². The summed E-state index contributed by atoms with van der Waals surface area (Å²) in [5.41, 5.74) is 5.23. The van der Waals surface area contributed by atoms with Crippen LogP contribution in [0.5, 0.6) is 0 Å². The lowest BCUT2D eigenvalue weighted by Gasteiger charge is -2.13. The van der Waals surface area contributed by atoms with Crippen LogP contribution < -0.4 is 5.32 Å². The van der Waals surface area contributed by atoms with Crippen LogP contribution in [-0.2, 0) is 6.42 Å². The number of likely N-dealkylation sites (N-methyl/N-ethyl adjacent to an activating group) is 1. The van der Waals surface area contributed by atoms with Gasteiger partial charge >= 0.3 is 0 Å². The predicted octanol–water partition coefficient (Wildman–Crippen LogP) is 4.16. The quantitative estimate of drug-likeness (QED) is 0.742. The zero-order valence-electron chi connectivity index (χ0n) is 11.8. The number of hydrogen-bond acceptors (Lipinski definition) is 5. The molecule has 0 spiro atoms. The molecule has 3 nitrogen and oxygen atoms in total. The van der Waals surface area contributed by atoms with Gasteiger partial charge in [0, 0.05) is 22.7 Å². The lowest BCUT2D eigenvalue weighted by atomic mass is 10.1. The summed E-state index contributed by atoms with van der Waals surface area (Å²) in [6, 6.07) is 10.6. The molecule has 3 rings (SSSR count). The molecule has 0 saturated heterocycles. The van der Waals surface area contributed by atoms with Gasteiger partial charge in [0.15, 0.2) is 0 Å². The van der Waals surface area contributed by atoms with Crippen LogP contribution in [0.1, 0.15) is 23.7 Å². The van der Waals surface area contributed by atoms with E-state index in [0.29, 0.717) is 0 Å². The molecule has 0 bridgehead atoms. The molecule has 1 N–H and O–H groups in total. The standard InChI is InChI=1S/C16H17N3S2/c1-2-17-13(15-9-20-11-18-15)8-16-19-14(10-21-16)12-6-4-3-5-7-12/h3-7,9-11,13,17H,2,8H2,1H3. The van der Waals surface area contributed by atoms with Crippen LogP contribution in [0.15, 0.2) is 46.6 Å². The average molecular weight is 315 g/mol. The summed E-state index contributed by atoms with van der Waals surface area (Å²) >= 11 is 3.36. The third-order valence-electron chi connectivity index (χ3n) is 3.26. The van der Waals surface area contributed by atoms with Crippen LogP contribution in [-0.4, -0.2) is 16.5 Å². The molecule has 0 fully saturated rings. The Labute approximate surface area is 132 Å². The summed E-state index contributed by atoms with van der Waals surface area (Å²) in [4.78, 5) is 9.20. The van der Waals surface area contributed by atoms with Crippen molar-refractivity contribution in [1.82, 2.24) is 15.3 Å². The van der Waals surface area contributed by atoms with Gasteiger partial charge in [-0.2, -0.15) is 0 Å². The molecular weight excluding hydrogens is 298 g/mol. The maximum Gasteiger partial charge on any atom is 0.0952 e. The second-order valence-electron chi connectivity index (χ2n) is 4.72. The first-order valence-corrected chi connectivity index (χ1v) is 8.80. The van der Waals surface area contributed by atoms with Crippen molar-refractivity contribution in [3.8, 4) is 11.3 Å². The fourth-order valence-electron chi connectivity index (χ4n) is 2.24. The predicted molar refractivity (Wildman–Crippen MR) is 89.8 cm³/mol. The third kappa shape index (κ3) is 3.56. The second kappa shape index (κ2) is 6.93. The van der Waals surface area contributed by atoms with E-state index in [1.165, 1.54) is 5.56 Å². The molecule has 2 aromatic heterocycles. The van der Waals surface area contributed by atoms with E-state index >= 15 is 0 Å². The highest BCUT2D eigenvalue weighted by molar-refractivity contribution is 7.10. The molecule has 0 aliphatic heterocycles. The Morgan fingerprint density at radius 2 is 2.05 bits per heavy atom. The Kier molecular flexibility index (Phi) is 4.75. The summed E-state index contributed by atoms with van der Waals surface area (Å²) in [6.07, 6.45) is 0.884. The first-order chi connectivity index (χ1) is 10.4. The molecule has 0 radical (unpaired) electrons. The van der Waals surface area contributed by atoms with Gasteiger partial charge in [-0.15, -0.1) is 22.7 Å². The van der Waals surface area contributed by atoms with Gasteiger partial charge in [-0.3, -0.25) is 0 Å². The van der Waals surface area contributed by atoms with Gasteiger partial charge in [0.2, 0.25) is 0 Å². The Morgan fingerprint density at radius 1 is 1.19 bits per heavy atom. The number of thiazole rings is 2. The van der Waals surface area contributed by atoms with Gasteiger partial charge in [0.25, 0.3) is 0 Å². The van der Waals surface area contributed by atoms with E-state index < -0.39 is 0 Å². The maximum atomic E-state index is 4.77. The highest BCUT2D eigenvalue weighted by atomic mass is 32.1. The number of hydrogen-bond donors (Lipinski definition) is 1. The highest BCUT2D eigenvalue weighted by Gasteiger charge is 2.15. The fraction of sp³-hybridized carbons (Fsp3) is 0.250. The van der Waals surface area contributed by atoms with Crippen molar-refractivity contribution in [2.45, 2.75) is 19.4 Å². The smallest absolute Gasteiger partial charge is 0.0952 e. The summed E-state index contributed by atoms with van der Waals surface area (Å²) in [6.45, 7) is 3.05. The number of benzene rings is 1. The monoisotopic (exact) mass is 315 g/mol. The molecule has 0 aliphatic rings. The summed E-state index contributed by atoms with van der Waals surface area (Å²) in [7, 11) is 0. The number of nitrogens with zero attached hydrogens (tertiary/aromatic N) is 2. The molecule has 0 saturated carbocycles. The Balaban J connectivity index is 1.77. The molecule has 0 aliphatic carbocycles. The van der Waals surface area contributed by atoms with Gasteiger partial charge in [-0.1, -0.05) is 37.3 Å². The minimum atomic E-state index is 0.246. The number of rotatable bonds is 6. The van der Waals surface area contributed by atoms with E-state index in [9.17, 15) is 0 Å². The van der Waals surface area contributed by atoms with Crippen LogP contribution in [0.2, 0.25) is 0 Å². The van der Waals surface area contributed by atoms with Crippen molar-refractivity contribution in [2.75, 3.05) is 6.54 Å². The maximum absolute atomic E-state index is 4.77. The number of nitrogens with one attached hydrogen (secondary N) is 1. The minimum absolute atomic E-state index is 0.246. The van der Waals surface area contributed by atoms with Crippen molar-refractivity contribution in [2.24, 2.45) is 0 Å². The van der Waals surface area contributed by atoms with E-state index in [0.717, 1.165) is 29.4 Å². The van der Waals surface area contributed by atoms with Gasteiger partial charge in [-0.25, -0.2) is 9.97 Å². The van der Waals surface area contributed by atoms with Crippen LogP contribution >= 0.6 is 22.7 Å². The van der Waals surface area contributed by atoms with Crippen LogP contribution in [0.3, 0.4) is 0 Å². The van der Waals surface area contributed by atoms with E-state index in [1.54, 1.807) is 22.7 Å². The first-order valence-electron chi connectivity index (χ1n) is 6.98. The van der Waals surface area contributed by atoms with Crippen LogP contribution in [0.25, 0.3) is 11.3 Å². The lowest BCUT2D eigenvalue weighted by Crippen LogP contribution is -2.23. The van der Waals surface area contributed by atoms with Crippen LogP contribution in [0, 0.1) is 0 Å². The van der Waals surface area contributed by atoms with E-state index in [4.69, 9.17) is 4.98 Å². The van der Waals surface area contributed by atoms with Crippen molar-refractivity contribution < 1.29 is 0 Å². The van der Waals surface area contributed by atoms with Crippen molar-refractivity contribution in [3.05, 3.63) is 57.3 Å². The van der Waals surface area contributed by atoms with E-state index in [1.807, 2.05) is 23.7 Å². The van der Waals surface area contributed by atoms with Gasteiger partial charge in [0.1, 0.15) is 0 Å². The molecule has 108 valence electrons. The highest BCUT2D eigenvalue weighted by Crippen LogP contribution is 2.25. The van der Waals surface area contributed by atoms with Crippen molar-refractivity contribution in [1.29, 1.82) is 0 Å². The van der Waals surface area contributed by atoms with Crippen LogP contribution in [0.4, 0.5) is 0 Å². The second-order valence-corrected chi connectivity index (χ2v) is 6.38. The Morgan fingerprint density at radius 3 is 2.76 bits per heavy atom. The summed E-state index contributed by atoms with van der Waals surface area (Å²) in [5, 5.41) is 8.88. The molecule has 1 aromatic carbocycles. The topological polar surface area (TPSA) is 37.8 Å². The molecule has 0 amide bonds.